The van der Waals surface area contributed by atoms with Gasteiger partial charge in [-0.25, -0.2) is 13.9 Å². The van der Waals surface area contributed by atoms with Gasteiger partial charge in [-0.05, 0) is 52.7 Å². The maximum atomic E-state index is 12.9. The molecule has 1 unspecified atom stereocenters. The van der Waals surface area contributed by atoms with E-state index < -0.39 is 49.9 Å². The van der Waals surface area contributed by atoms with E-state index >= 15 is 0 Å². The van der Waals surface area contributed by atoms with Crippen LogP contribution < -0.4 is 16.2 Å². The van der Waals surface area contributed by atoms with Crippen molar-refractivity contribution in [1.82, 2.24) is 19.5 Å². The Morgan fingerprint density at radius 3 is 2.34 bits per heavy atom. The number of benzene rings is 1. The molecule has 0 bridgehead atoms. The molecule has 0 saturated heterocycles. The van der Waals surface area contributed by atoms with Crippen LogP contribution in [-0.2, 0) is 50.6 Å². The van der Waals surface area contributed by atoms with E-state index in [2.05, 4.69) is 15.0 Å². The van der Waals surface area contributed by atoms with Crippen LogP contribution in [0.5, 0.6) is 6.01 Å². The molecule has 0 fully saturated rings. The zero-order chi connectivity index (χ0) is 32.7. The number of aromatic nitrogens is 4. The summed E-state index contributed by atoms with van der Waals surface area (Å²) in [5.74, 6) is -3.48. The smallest absolute Gasteiger partial charge is 0.346 e. The van der Waals surface area contributed by atoms with Crippen LogP contribution in [0.15, 0.2) is 29.1 Å². The Labute approximate surface area is 255 Å². The first kappa shape index (κ1) is 34.6. The van der Waals surface area contributed by atoms with Gasteiger partial charge in [-0.15, -0.1) is 0 Å². The maximum Gasteiger partial charge on any atom is 0.346 e. The summed E-state index contributed by atoms with van der Waals surface area (Å²) >= 11 is 0. The number of nitrogens with one attached hydrogen (secondary N) is 1. The number of ether oxygens (including phenoxy) is 5. The Kier molecular flexibility index (Phi) is 11.2. The third-order valence-electron chi connectivity index (χ3n) is 6.02. The first-order valence-electron chi connectivity index (χ1n) is 13.6. The van der Waals surface area contributed by atoms with Crippen molar-refractivity contribution in [3.8, 4) is 6.01 Å². The number of fused-ring (bicyclic) bond motifs is 1. The maximum absolute atomic E-state index is 12.9. The van der Waals surface area contributed by atoms with E-state index in [9.17, 15) is 18.9 Å². The molecule has 0 radical (unpaired) electrons. The molecule has 0 amide bonds. The van der Waals surface area contributed by atoms with Crippen molar-refractivity contribution >= 4 is 37.6 Å². The predicted molar refractivity (Wildman–Crippen MR) is 158 cm³/mol. The number of carbonyl (C=O) groups is 2. The molecule has 2 heterocycles. The Morgan fingerprint density at radius 2 is 1.70 bits per heavy atom. The van der Waals surface area contributed by atoms with Crippen LogP contribution in [-0.4, -0.2) is 64.5 Å². The van der Waals surface area contributed by atoms with Crippen LogP contribution in [0.3, 0.4) is 0 Å². The molecular formula is C28H38N5O10P. The van der Waals surface area contributed by atoms with E-state index in [1.54, 1.807) is 65.8 Å². The monoisotopic (exact) mass is 635 g/mol. The highest BCUT2D eigenvalue weighted by Crippen LogP contribution is 2.31. The molecule has 2 aromatic heterocycles. The lowest BCUT2D eigenvalue weighted by Crippen LogP contribution is -2.45. The first-order valence-corrected chi connectivity index (χ1v) is 14.3. The third-order valence-corrected chi connectivity index (χ3v) is 6.37. The van der Waals surface area contributed by atoms with Gasteiger partial charge in [0.1, 0.15) is 12.1 Å². The summed E-state index contributed by atoms with van der Waals surface area (Å²) in [5, 5.41) is 0. The number of H-pyrrole nitrogens is 1. The summed E-state index contributed by atoms with van der Waals surface area (Å²) in [5.41, 5.74) is 5.38. The van der Waals surface area contributed by atoms with Crippen molar-refractivity contribution in [3.63, 3.8) is 0 Å². The summed E-state index contributed by atoms with van der Waals surface area (Å²) in [6.45, 7) is 9.75. The minimum atomic E-state index is -2.22. The molecular weight excluding hydrogens is 597 g/mol. The summed E-state index contributed by atoms with van der Waals surface area (Å²) < 4.78 is 45.3. The second-order valence-corrected chi connectivity index (χ2v) is 12.2. The van der Waals surface area contributed by atoms with Crippen LogP contribution in [0.2, 0.25) is 0 Å². The topological polar surface area (TPSA) is 196 Å². The molecule has 240 valence electrons. The lowest BCUT2D eigenvalue weighted by atomic mass is 9.97. The number of esters is 2. The fourth-order valence-corrected chi connectivity index (χ4v) is 3.93. The molecule has 44 heavy (non-hydrogen) atoms. The number of imidazole rings is 1. The number of hydrogen-bond donors (Lipinski definition) is 2. The van der Waals surface area contributed by atoms with Gasteiger partial charge >= 0.3 is 38.3 Å². The van der Waals surface area contributed by atoms with Crippen molar-refractivity contribution in [1.29, 1.82) is 0 Å². The molecule has 0 aliphatic heterocycles. The number of aromatic amines is 1. The summed E-state index contributed by atoms with van der Waals surface area (Å²) in [6.07, 6.45) is -0.250. The van der Waals surface area contributed by atoms with Gasteiger partial charge in [-0.1, -0.05) is 24.3 Å². The molecule has 0 aliphatic rings. The second-order valence-electron chi connectivity index (χ2n) is 11.9. The number of methoxy groups -OCH3 is 1. The third kappa shape index (κ3) is 9.05. The van der Waals surface area contributed by atoms with Crippen molar-refractivity contribution in [2.45, 2.75) is 60.5 Å². The van der Waals surface area contributed by atoms with Gasteiger partial charge in [-0.3, -0.25) is 18.9 Å². The zero-order valence-corrected chi connectivity index (χ0v) is 26.7. The molecule has 3 rings (SSSR count). The van der Waals surface area contributed by atoms with Crippen LogP contribution in [0.1, 0.15) is 52.7 Å². The normalized spacial score (nSPS) is 13.5. The SMILES string of the molecule is COCCOc1nc(N)c2[nH]c(=O)n(Cc3cccc(CC(OCOC(=O)C(C)(C)C)(OP=O)OC(=O)C(C)(C)C)c3)c2n1. The van der Waals surface area contributed by atoms with Crippen molar-refractivity contribution in [3.05, 3.63) is 45.9 Å². The molecule has 16 heteroatoms. The molecule has 0 aliphatic carbocycles. The molecule has 1 atom stereocenters. The largest absolute Gasteiger partial charge is 0.461 e. The predicted octanol–water partition coefficient (Wildman–Crippen LogP) is 3.35. The summed E-state index contributed by atoms with van der Waals surface area (Å²) in [4.78, 5) is 49.2. The Bertz CT molecular complexity index is 1540. The molecule has 15 nitrogen and oxygen atoms in total. The van der Waals surface area contributed by atoms with E-state index in [1.165, 1.54) is 11.7 Å². The number of anilines is 1. The molecule has 0 saturated carbocycles. The highest BCUT2D eigenvalue weighted by molar-refractivity contribution is 7.17. The second kappa shape index (κ2) is 14.2. The van der Waals surface area contributed by atoms with Gasteiger partial charge in [-0.2, -0.15) is 9.97 Å². The fourth-order valence-electron chi connectivity index (χ4n) is 3.66. The number of rotatable bonds is 14. The minimum Gasteiger partial charge on any atom is -0.461 e. The Balaban J connectivity index is 1.93. The van der Waals surface area contributed by atoms with Crippen LogP contribution in [0, 0.1) is 10.8 Å². The van der Waals surface area contributed by atoms with Gasteiger partial charge in [0.25, 0.3) is 0 Å². The average Bonchev–Trinajstić information content (AvgIpc) is 3.23. The Hall–Kier alpha value is -3.91. The summed E-state index contributed by atoms with van der Waals surface area (Å²) in [7, 11) is 0.672. The van der Waals surface area contributed by atoms with E-state index in [0.717, 1.165) is 0 Å². The zero-order valence-electron chi connectivity index (χ0n) is 25.8. The lowest BCUT2D eigenvalue weighted by molar-refractivity contribution is -0.344. The van der Waals surface area contributed by atoms with Gasteiger partial charge < -0.3 is 29.7 Å². The summed E-state index contributed by atoms with van der Waals surface area (Å²) in [6, 6.07) is 6.85. The number of carbonyl (C=O) groups excluding carboxylic acids is 2. The van der Waals surface area contributed by atoms with E-state index in [-0.39, 0.29) is 42.6 Å². The average molecular weight is 636 g/mol. The van der Waals surface area contributed by atoms with E-state index in [4.69, 9.17) is 33.9 Å². The standard InChI is InChI=1S/C28H38N5O10P/c1-26(2,3)22(34)40-16-41-28(43-44-37,42-23(35)27(4,5)6)14-17-9-8-10-18(13-17)15-33-21-19(30-25(33)36)20(29)31-24(32-21)39-12-11-38-7/h8-10,13H,11-12,14-16H2,1-7H3,(H,30,36)(H2,29,31,32). The van der Waals surface area contributed by atoms with Gasteiger partial charge in [0, 0.05) is 7.11 Å². The van der Waals surface area contributed by atoms with Crippen molar-refractivity contribution < 1.29 is 42.4 Å². The number of nitrogens with zero attached hydrogens (tertiary/aromatic N) is 3. The van der Waals surface area contributed by atoms with Crippen molar-refractivity contribution in [2.24, 2.45) is 10.8 Å². The van der Waals surface area contributed by atoms with Gasteiger partial charge in [0.05, 0.1) is 30.4 Å². The number of nitrogen functional groups attached to an aromatic ring is 1. The Morgan fingerprint density at radius 1 is 1.02 bits per heavy atom. The van der Waals surface area contributed by atoms with E-state index in [0.29, 0.717) is 17.7 Å². The molecule has 0 spiro atoms. The molecule has 3 N–H and O–H groups in total. The van der Waals surface area contributed by atoms with Crippen molar-refractivity contribution in [2.75, 3.05) is 32.9 Å². The van der Waals surface area contributed by atoms with E-state index in [1.807, 2.05) is 0 Å². The molecule has 3 aromatic rings. The molecule has 1 aromatic carbocycles. The first-order chi connectivity index (χ1) is 20.6. The quantitative estimate of drug-likeness (QED) is 0.113. The van der Waals surface area contributed by atoms with Gasteiger partial charge in [0.15, 0.2) is 18.3 Å². The van der Waals surface area contributed by atoms with Gasteiger partial charge in [0.2, 0.25) is 0 Å². The number of nitrogens with two attached hydrogens (primary N) is 1. The highest BCUT2D eigenvalue weighted by atomic mass is 31.1. The minimum absolute atomic E-state index is 0.0164. The lowest BCUT2D eigenvalue weighted by Gasteiger charge is -2.32. The number of hydrogen-bond acceptors (Lipinski definition) is 13. The fraction of sp³-hybridized carbons (Fsp3) is 0.536. The van der Waals surface area contributed by atoms with Crippen LogP contribution in [0.25, 0.3) is 11.2 Å². The van der Waals surface area contributed by atoms with Crippen LogP contribution >= 0.6 is 8.69 Å². The van der Waals surface area contributed by atoms with Crippen LogP contribution in [0.4, 0.5) is 5.82 Å². The highest BCUT2D eigenvalue weighted by Gasteiger charge is 2.42.